The van der Waals surface area contributed by atoms with Gasteiger partial charge in [-0.3, -0.25) is 0 Å². The van der Waals surface area contributed by atoms with Crippen molar-refractivity contribution in [1.29, 1.82) is 0 Å². The number of benzene rings is 1. The quantitative estimate of drug-likeness (QED) is 0.660. The molecule has 13 heavy (non-hydrogen) atoms. The summed E-state index contributed by atoms with van der Waals surface area (Å²) in [4.78, 5) is 10.5. The molecule has 0 aliphatic rings. The third-order valence-corrected chi connectivity index (χ3v) is 3.16. The van der Waals surface area contributed by atoms with E-state index in [1.165, 1.54) is 24.3 Å². The van der Waals surface area contributed by atoms with E-state index in [1.807, 2.05) is 0 Å². The van der Waals surface area contributed by atoms with E-state index in [-0.39, 0.29) is 46.9 Å². The second kappa shape index (κ2) is 5.90. The molecule has 0 saturated heterocycles. The molecule has 1 aromatic carbocycles. The Hall–Kier alpha value is 0.280. The van der Waals surface area contributed by atoms with Crippen molar-refractivity contribution in [3.8, 4) is 0 Å². The fourth-order valence-corrected chi connectivity index (χ4v) is 2.16. The van der Waals surface area contributed by atoms with Crippen molar-refractivity contribution in [1.82, 2.24) is 0 Å². The van der Waals surface area contributed by atoms with Gasteiger partial charge in [-0.1, -0.05) is 12.1 Å². The van der Waals surface area contributed by atoms with Crippen LogP contribution in [-0.2, 0) is 6.14 Å². The Bertz CT molecular complexity index is 378. The Labute approximate surface area is 111 Å². The average Bonchev–Trinajstić information content (AvgIpc) is 2.04. The summed E-state index contributed by atoms with van der Waals surface area (Å²) in [6.45, 7) is 0. The molecule has 0 aliphatic carbocycles. The van der Waals surface area contributed by atoms with E-state index in [0.717, 1.165) is 0 Å². The molecule has 1 rings (SSSR count). The predicted molar refractivity (Wildman–Crippen MR) is 53.2 cm³/mol. The monoisotopic (exact) mass is 320 g/mol. The van der Waals surface area contributed by atoms with Crippen LogP contribution in [0.1, 0.15) is 10.4 Å². The summed E-state index contributed by atoms with van der Waals surface area (Å²) in [7, 11) is 0. The molecule has 0 spiro atoms. The van der Waals surface area contributed by atoms with Crippen LogP contribution in [-0.4, -0.2) is 48.8 Å². The number of halogens is 1. The molecule has 0 saturated carbocycles. The molecule has 0 fully saturated rings. The zero-order chi connectivity index (χ0) is 9.14. The zero-order valence-corrected chi connectivity index (χ0v) is 10.9. The molecule has 0 unspecified atom stereocenters. The standard InChI is InChI=1S/C7H5IO4.Ca/c9-7(10)5-3-1-2-4-6(5)8(11)12;/h1-4H,(H,9,10);. The summed E-state index contributed by atoms with van der Waals surface area (Å²) in [5.41, 5.74) is -0.146. The minimum atomic E-state index is -3.67. The fourth-order valence-electron chi connectivity index (χ4n) is 0.769. The number of hydrogen-bond donors (Lipinski definition) is 1. The van der Waals surface area contributed by atoms with Crippen molar-refractivity contribution in [3.63, 3.8) is 0 Å². The van der Waals surface area contributed by atoms with Gasteiger partial charge in [-0.2, -0.15) is 0 Å². The number of aromatic carboxylic acids is 1. The molecule has 0 heterocycles. The Morgan fingerprint density at radius 2 is 1.77 bits per heavy atom. The van der Waals surface area contributed by atoms with Crippen LogP contribution in [0.15, 0.2) is 24.3 Å². The molecule has 0 bridgehead atoms. The van der Waals surface area contributed by atoms with Crippen LogP contribution in [0.4, 0.5) is 0 Å². The van der Waals surface area contributed by atoms with Gasteiger partial charge in [0.1, 0.15) is 0 Å². The molecular formula is C7H5CaIO4. The maximum atomic E-state index is 10.6. The zero-order valence-electron chi connectivity index (χ0n) is 6.57. The van der Waals surface area contributed by atoms with Gasteiger partial charge in [0, 0.05) is 37.7 Å². The van der Waals surface area contributed by atoms with E-state index in [4.69, 9.17) is 5.11 Å². The summed E-state index contributed by atoms with van der Waals surface area (Å²) in [5.74, 6) is -1.21. The first-order valence-corrected chi connectivity index (χ1v) is 5.84. The average molecular weight is 320 g/mol. The normalized spacial score (nSPS) is 9.31. The minimum absolute atomic E-state index is 0. The van der Waals surface area contributed by atoms with E-state index in [1.54, 1.807) is 0 Å². The van der Waals surface area contributed by atoms with Crippen molar-refractivity contribution in [2.45, 2.75) is 0 Å². The first-order chi connectivity index (χ1) is 5.63. The molecule has 0 atom stereocenters. The molecule has 1 aromatic rings. The first-order valence-electron chi connectivity index (χ1n) is 3.00. The molecule has 2 radical (unpaired) electrons. The second-order valence-electron chi connectivity index (χ2n) is 2.00. The molecule has 0 aromatic heterocycles. The second-order valence-corrected chi connectivity index (χ2v) is 4.40. The number of rotatable bonds is 2. The van der Waals surface area contributed by atoms with E-state index in [0.29, 0.717) is 0 Å². The van der Waals surface area contributed by atoms with Crippen molar-refractivity contribution >= 4 is 63.5 Å². The molecular weight excluding hydrogens is 315 g/mol. The van der Waals surface area contributed by atoms with Gasteiger partial charge in [-0.05, 0) is 12.1 Å². The van der Waals surface area contributed by atoms with Gasteiger partial charge in [-0.25, -0.2) is 10.9 Å². The van der Waals surface area contributed by atoms with Crippen LogP contribution < -0.4 is 0 Å². The molecule has 1 N–H and O–H groups in total. The summed E-state index contributed by atoms with van der Waals surface area (Å²) >= 11 is -3.67. The summed E-state index contributed by atoms with van der Waals surface area (Å²) in [6.07, 6.45) is 0. The van der Waals surface area contributed by atoms with Gasteiger partial charge >= 0.3 is 25.8 Å². The van der Waals surface area contributed by atoms with Gasteiger partial charge in [0.25, 0.3) is 0 Å². The SMILES string of the molecule is O=C(O)c1ccccc1I(=O)=O.[Ca]. The predicted octanol–water partition coefficient (Wildman–Crippen LogP) is 1.37. The largest absolute Gasteiger partial charge is 0.478 e. The molecule has 6 heteroatoms. The first kappa shape index (κ1) is 13.3. The van der Waals surface area contributed by atoms with Crippen LogP contribution in [0.2, 0.25) is 0 Å². The third-order valence-electron chi connectivity index (χ3n) is 1.27. The van der Waals surface area contributed by atoms with E-state index in [2.05, 4.69) is 0 Å². The van der Waals surface area contributed by atoms with Crippen molar-refractivity contribution in [2.75, 3.05) is 0 Å². The van der Waals surface area contributed by atoms with E-state index < -0.39 is 25.8 Å². The van der Waals surface area contributed by atoms with E-state index >= 15 is 0 Å². The molecule has 0 aliphatic heterocycles. The van der Waals surface area contributed by atoms with Gasteiger partial charge in [0.15, 0.2) is 0 Å². The van der Waals surface area contributed by atoms with Crippen LogP contribution >= 0.6 is 19.8 Å². The summed E-state index contributed by atoms with van der Waals surface area (Å²) in [5, 5.41) is 8.56. The Morgan fingerprint density at radius 1 is 1.23 bits per heavy atom. The van der Waals surface area contributed by atoms with E-state index in [9.17, 15) is 10.9 Å². The topological polar surface area (TPSA) is 71.4 Å². The third kappa shape index (κ3) is 3.49. The fraction of sp³-hybridized carbons (Fsp3) is 0. The number of carboxylic acid groups (broad SMARTS) is 1. The number of carboxylic acids is 1. The van der Waals surface area contributed by atoms with Gasteiger partial charge in [0.05, 0.1) is 9.13 Å². The van der Waals surface area contributed by atoms with Crippen LogP contribution in [0.25, 0.3) is 0 Å². The van der Waals surface area contributed by atoms with Crippen molar-refractivity contribution in [2.24, 2.45) is 0 Å². The molecule has 66 valence electrons. The van der Waals surface area contributed by atoms with Crippen molar-refractivity contribution in [3.05, 3.63) is 33.4 Å². The number of hydrogen-bond acceptors (Lipinski definition) is 3. The Balaban J connectivity index is 0.00000144. The molecule has 0 amide bonds. The van der Waals surface area contributed by atoms with Crippen molar-refractivity contribution < 1.29 is 16.0 Å². The summed E-state index contributed by atoms with van der Waals surface area (Å²) in [6, 6.07) is 5.57. The van der Waals surface area contributed by atoms with Gasteiger partial charge in [0.2, 0.25) is 0 Å². The van der Waals surface area contributed by atoms with Crippen LogP contribution in [0, 0.1) is 3.57 Å². The van der Waals surface area contributed by atoms with Gasteiger partial charge in [-0.15, -0.1) is 0 Å². The Kier molecular flexibility index (Phi) is 6.02. The minimum Gasteiger partial charge on any atom is -0.478 e. The summed E-state index contributed by atoms with van der Waals surface area (Å²) < 4.78 is 21.1. The maximum absolute atomic E-state index is 10.6. The number of carbonyl (C=O) groups is 1. The van der Waals surface area contributed by atoms with Crippen LogP contribution in [0.3, 0.4) is 0 Å². The Morgan fingerprint density at radius 3 is 2.15 bits per heavy atom. The smallest absolute Gasteiger partial charge is 0.341 e. The van der Waals surface area contributed by atoms with Crippen LogP contribution in [0.5, 0.6) is 0 Å². The van der Waals surface area contributed by atoms with Gasteiger partial charge < -0.3 is 5.11 Å². The maximum Gasteiger partial charge on any atom is 0.341 e. The molecule has 4 nitrogen and oxygen atoms in total.